The molecule has 0 radical (unpaired) electrons. The fraction of sp³-hybridized carbons (Fsp3) is 0.500. The van der Waals surface area contributed by atoms with Crippen LogP contribution in [0.5, 0.6) is 11.5 Å². The highest BCUT2D eigenvalue weighted by molar-refractivity contribution is 5.91. The molecule has 3 aliphatic rings. The van der Waals surface area contributed by atoms with Crippen LogP contribution in [-0.2, 0) is 15.1 Å². The summed E-state index contributed by atoms with van der Waals surface area (Å²) in [5, 5.41) is 6.26. The molecule has 1 aromatic carbocycles. The summed E-state index contributed by atoms with van der Waals surface area (Å²) in [7, 11) is 0. The number of piperidine rings is 1. The third-order valence-corrected chi connectivity index (χ3v) is 7.17. The fourth-order valence-electron chi connectivity index (χ4n) is 5.33. The molecule has 1 aromatic heterocycles. The summed E-state index contributed by atoms with van der Waals surface area (Å²) in [6.07, 6.45) is 7.16. The van der Waals surface area contributed by atoms with Gasteiger partial charge in [0.1, 0.15) is 19.0 Å². The van der Waals surface area contributed by atoms with E-state index >= 15 is 0 Å². The smallest absolute Gasteiger partial charge is 0.234 e. The number of fused-ring (bicyclic) bond motifs is 1. The van der Waals surface area contributed by atoms with Crippen molar-refractivity contribution in [1.29, 1.82) is 0 Å². The lowest BCUT2D eigenvalue weighted by Crippen LogP contribution is -2.49. The maximum Gasteiger partial charge on any atom is 0.234 e. The molecule has 2 fully saturated rings. The Bertz CT molecular complexity index is 1010. The number of carbonyl (C=O) groups excluding carboxylic acids is 2. The van der Waals surface area contributed by atoms with Gasteiger partial charge in [0.15, 0.2) is 11.5 Å². The highest BCUT2D eigenvalue weighted by Crippen LogP contribution is 2.42. The molecule has 34 heavy (non-hydrogen) atoms. The van der Waals surface area contributed by atoms with Gasteiger partial charge in [-0.15, -0.1) is 0 Å². The normalized spacial score (nSPS) is 20.0. The van der Waals surface area contributed by atoms with E-state index < -0.39 is 0 Å². The van der Waals surface area contributed by atoms with Gasteiger partial charge in [0.25, 0.3) is 0 Å². The van der Waals surface area contributed by atoms with Gasteiger partial charge in [0.2, 0.25) is 11.8 Å². The molecule has 2 N–H and O–H groups in total. The van der Waals surface area contributed by atoms with Gasteiger partial charge in [-0.2, -0.15) is 0 Å². The fourth-order valence-corrected chi connectivity index (χ4v) is 5.33. The summed E-state index contributed by atoms with van der Waals surface area (Å²) in [6, 6.07) is 11.5. The third-order valence-electron chi connectivity index (χ3n) is 7.17. The van der Waals surface area contributed by atoms with Crippen molar-refractivity contribution in [3.63, 3.8) is 0 Å². The lowest BCUT2D eigenvalue weighted by atomic mass is 9.87. The molecule has 180 valence electrons. The average Bonchev–Trinajstić information content (AvgIpc) is 3.34. The van der Waals surface area contributed by atoms with Crippen LogP contribution in [0, 0.1) is 5.92 Å². The van der Waals surface area contributed by atoms with Gasteiger partial charge in [0, 0.05) is 12.1 Å². The number of hydrogen-bond donors (Lipinski definition) is 2. The molecule has 8 heteroatoms. The van der Waals surface area contributed by atoms with Crippen LogP contribution in [0.4, 0.5) is 5.82 Å². The van der Waals surface area contributed by atoms with E-state index in [9.17, 15) is 9.59 Å². The zero-order valence-corrected chi connectivity index (χ0v) is 19.4. The SMILES string of the molecule is O=C(CN1CCC(C(=O)Nc2ccccn2)CC1)NC1(c2ccc3c(c2)OCCO3)CCCC1. The minimum atomic E-state index is -0.353. The molecular weight excluding hydrogens is 432 g/mol. The maximum absolute atomic E-state index is 13.1. The highest BCUT2D eigenvalue weighted by atomic mass is 16.6. The first-order valence-electron chi connectivity index (χ1n) is 12.3. The van der Waals surface area contributed by atoms with Crippen molar-refractivity contribution in [2.75, 3.05) is 38.2 Å². The van der Waals surface area contributed by atoms with E-state index in [4.69, 9.17) is 9.47 Å². The Labute approximate surface area is 200 Å². The number of aromatic nitrogens is 1. The van der Waals surface area contributed by atoms with E-state index in [-0.39, 0.29) is 23.3 Å². The summed E-state index contributed by atoms with van der Waals surface area (Å²) in [6.45, 7) is 2.91. The average molecular weight is 465 g/mol. The molecule has 0 unspecified atom stereocenters. The van der Waals surface area contributed by atoms with Gasteiger partial charge >= 0.3 is 0 Å². The number of pyridine rings is 1. The summed E-state index contributed by atoms with van der Waals surface area (Å²) in [4.78, 5) is 32.0. The van der Waals surface area contributed by atoms with Crippen molar-refractivity contribution in [2.45, 2.75) is 44.1 Å². The summed E-state index contributed by atoms with van der Waals surface area (Å²) >= 11 is 0. The Kier molecular flexibility index (Phi) is 6.67. The van der Waals surface area contributed by atoms with E-state index in [0.717, 1.165) is 68.7 Å². The summed E-state index contributed by atoms with van der Waals surface area (Å²) in [5.41, 5.74) is 0.737. The van der Waals surface area contributed by atoms with Gasteiger partial charge in [-0.25, -0.2) is 4.98 Å². The second kappa shape index (κ2) is 10.0. The Balaban J connectivity index is 1.16. The van der Waals surface area contributed by atoms with Crippen LogP contribution < -0.4 is 20.1 Å². The number of carbonyl (C=O) groups is 2. The van der Waals surface area contributed by atoms with Gasteiger partial charge in [-0.05, 0) is 68.6 Å². The van der Waals surface area contributed by atoms with Crippen molar-refractivity contribution in [3.05, 3.63) is 48.2 Å². The Morgan fingerprint density at radius 2 is 1.79 bits per heavy atom. The molecule has 3 heterocycles. The molecule has 2 aromatic rings. The monoisotopic (exact) mass is 464 g/mol. The van der Waals surface area contributed by atoms with E-state index in [1.165, 1.54) is 0 Å². The zero-order chi connectivity index (χ0) is 23.4. The summed E-state index contributed by atoms with van der Waals surface area (Å²) in [5.74, 6) is 2.09. The van der Waals surface area contributed by atoms with Gasteiger partial charge in [0.05, 0.1) is 12.1 Å². The lowest BCUT2D eigenvalue weighted by molar-refractivity contribution is -0.125. The second-order valence-electron chi connectivity index (χ2n) is 9.45. The van der Waals surface area contributed by atoms with Crippen molar-refractivity contribution < 1.29 is 19.1 Å². The minimum absolute atomic E-state index is 0.00585. The first-order valence-corrected chi connectivity index (χ1v) is 12.3. The molecule has 0 atom stereocenters. The number of hydrogen-bond acceptors (Lipinski definition) is 6. The second-order valence-corrected chi connectivity index (χ2v) is 9.45. The first-order chi connectivity index (χ1) is 16.6. The third kappa shape index (κ3) is 5.01. The van der Waals surface area contributed by atoms with E-state index in [0.29, 0.717) is 25.6 Å². The molecule has 0 spiro atoms. The number of rotatable bonds is 6. The van der Waals surface area contributed by atoms with E-state index in [1.807, 2.05) is 24.3 Å². The predicted molar refractivity (Wildman–Crippen MR) is 128 cm³/mol. The van der Waals surface area contributed by atoms with Crippen molar-refractivity contribution in [3.8, 4) is 11.5 Å². The van der Waals surface area contributed by atoms with Gasteiger partial charge < -0.3 is 20.1 Å². The maximum atomic E-state index is 13.1. The standard InChI is InChI=1S/C26H32N4O4/c31-24(18-30-13-8-19(9-14-30)25(32)28-23-5-1-4-12-27-23)29-26(10-2-3-11-26)20-6-7-21-22(17-20)34-16-15-33-21/h1,4-7,12,17,19H,2-3,8-11,13-16,18H2,(H,29,31)(H,27,28,32). The number of ether oxygens (including phenoxy) is 2. The minimum Gasteiger partial charge on any atom is -0.486 e. The zero-order valence-electron chi connectivity index (χ0n) is 19.4. The van der Waals surface area contributed by atoms with E-state index in [2.05, 4.69) is 26.6 Å². The van der Waals surface area contributed by atoms with Crippen molar-refractivity contribution >= 4 is 17.6 Å². The van der Waals surface area contributed by atoms with Crippen molar-refractivity contribution in [1.82, 2.24) is 15.2 Å². The molecule has 5 rings (SSSR count). The topological polar surface area (TPSA) is 92.8 Å². The molecule has 8 nitrogen and oxygen atoms in total. The quantitative estimate of drug-likeness (QED) is 0.683. The predicted octanol–water partition coefficient (Wildman–Crippen LogP) is 3.09. The van der Waals surface area contributed by atoms with Crippen LogP contribution in [0.3, 0.4) is 0 Å². The number of anilines is 1. The number of amides is 2. The van der Waals surface area contributed by atoms with Crippen LogP contribution in [0.25, 0.3) is 0 Å². The van der Waals surface area contributed by atoms with Crippen LogP contribution in [0.15, 0.2) is 42.6 Å². The van der Waals surface area contributed by atoms with Crippen LogP contribution in [0.2, 0.25) is 0 Å². The lowest BCUT2D eigenvalue weighted by Gasteiger charge is -2.35. The molecular formula is C26H32N4O4. The van der Waals surface area contributed by atoms with Gasteiger partial charge in [-0.1, -0.05) is 25.0 Å². The largest absolute Gasteiger partial charge is 0.486 e. The van der Waals surface area contributed by atoms with Crippen LogP contribution >= 0.6 is 0 Å². The molecule has 1 saturated heterocycles. The summed E-state index contributed by atoms with van der Waals surface area (Å²) < 4.78 is 11.4. The van der Waals surface area contributed by atoms with Crippen LogP contribution in [0.1, 0.15) is 44.1 Å². The Morgan fingerprint density at radius 1 is 1.03 bits per heavy atom. The molecule has 0 bridgehead atoms. The van der Waals surface area contributed by atoms with Gasteiger partial charge in [-0.3, -0.25) is 14.5 Å². The first kappa shape index (κ1) is 22.7. The molecule has 1 aliphatic carbocycles. The van der Waals surface area contributed by atoms with E-state index in [1.54, 1.807) is 12.3 Å². The number of likely N-dealkylation sites (tertiary alicyclic amines) is 1. The Morgan fingerprint density at radius 3 is 2.53 bits per heavy atom. The number of nitrogens with one attached hydrogen (secondary N) is 2. The molecule has 1 saturated carbocycles. The van der Waals surface area contributed by atoms with Crippen LogP contribution in [-0.4, -0.2) is 54.5 Å². The highest BCUT2D eigenvalue weighted by Gasteiger charge is 2.38. The molecule has 2 amide bonds. The number of nitrogens with zero attached hydrogens (tertiary/aromatic N) is 2. The Hall–Kier alpha value is -3.13. The molecule has 2 aliphatic heterocycles. The number of benzene rings is 1. The van der Waals surface area contributed by atoms with Crippen molar-refractivity contribution in [2.24, 2.45) is 5.92 Å².